The maximum atomic E-state index is 12.9. The van der Waals surface area contributed by atoms with Gasteiger partial charge in [-0.25, -0.2) is 8.42 Å². The van der Waals surface area contributed by atoms with E-state index in [1.807, 2.05) is 0 Å². The summed E-state index contributed by atoms with van der Waals surface area (Å²) in [7, 11) is -3.63. The quantitative estimate of drug-likeness (QED) is 0.593. The van der Waals surface area contributed by atoms with E-state index in [4.69, 9.17) is 4.42 Å². The molecule has 1 saturated heterocycles. The van der Waals surface area contributed by atoms with Crippen LogP contribution in [0.5, 0.6) is 0 Å². The average Bonchev–Trinajstić information content (AvgIpc) is 3.36. The summed E-state index contributed by atoms with van der Waals surface area (Å²) in [5.74, 6) is -0.839. The molecule has 2 amide bonds. The molecule has 8 nitrogen and oxygen atoms in total. The van der Waals surface area contributed by atoms with E-state index in [0.717, 1.165) is 0 Å². The monoisotopic (exact) mass is 453 g/mol. The Kier molecular flexibility index (Phi) is 6.38. The van der Waals surface area contributed by atoms with Crippen molar-refractivity contribution >= 4 is 33.2 Å². The van der Waals surface area contributed by atoms with Crippen LogP contribution >= 0.6 is 0 Å². The normalized spacial score (nSPS) is 16.9. The maximum absolute atomic E-state index is 12.9. The van der Waals surface area contributed by atoms with E-state index in [1.165, 1.54) is 10.6 Å². The second-order valence-corrected chi connectivity index (χ2v) is 9.45. The Morgan fingerprint density at radius 3 is 2.25 bits per heavy atom. The molecule has 2 heterocycles. The fraction of sp³-hybridized carbons (Fsp3) is 0.217. The lowest BCUT2D eigenvalue weighted by molar-refractivity contribution is -0.120. The summed E-state index contributed by atoms with van der Waals surface area (Å²) in [5.41, 5.74) is 1.12. The van der Waals surface area contributed by atoms with E-state index < -0.39 is 15.9 Å². The molecule has 3 aromatic rings. The number of anilines is 2. The molecule has 1 aliphatic rings. The molecule has 1 aliphatic heterocycles. The van der Waals surface area contributed by atoms with E-state index in [9.17, 15) is 18.0 Å². The Hall–Kier alpha value is -3.43. The smallest absolute Gasteiger partial charge is 0.291 e. The maximum Gasteiger partial charge on any atom is 0.291 e. The highest BCUT2D eigenvalue weighted by atomic mass is 32.2. The summed E-state index contributed by atoms with van der Waals surface area (Å²) >= 11 is 0. The third-order valence-electron chi connectivity index (χ3n) is 5.29. The predicted molar refractivity (Wildman–Crippen MR) is 120 cm³/mol. The first kappa shape index (κ1) is 21.8. The van der Waals surface area contributed by atoms with Crippen molar-refractivity contribution in [3.63, 3.8) is 0 Å². The summed E-state index contributed by atoms with van der Waals surface area (Å²) < 4.78 is 32.2. The summed E-state index contributed by atoms with van der Waals surface area (Å²) in [6.07, 6.45) is 2.65. The Morgan fingerprint density at radius 2 is 1.59 bits per heavy atom. The standard InChI is InChI=1S/C23H23N3O5S/c27-22(17-6-4-14-26(16-17)32(29,30)20-7-2-1-3-8-20)24-18-10-12-19(13-11-18)25-23(28)21-9-5-15-31-21/h1-3,5,7-13,15,17H,4,6,14,16H2,(H,24,27)(H,25,28). The minimum Gasteiger partial charge on any atom is -0.459 e. The second kappa shape index (κ2) is 9.37. The number of nitrogens with zero attached hydrogens (tertiary/aromatic N) is 1. The van der Waals surface area contributed by atoms with Crippen molar-refractivity contribution in [3.8, 4) is 0 Å². The molecule has 9 heteroatoms. The molecule has 0 spiro atoms. The van der Waals surface area contributed by atoms with Crippen LogP contribution in [0.3, 0.4) is 0 Å². The SMILES string of the molecule is O=C(Nc1ccc(NC(=O)C2CCCN(S(=O)(=O)c3ccccc3)C2)cc1)c1ccco1. The molecule has 1 unspecified atom stereocenters. The number of rotatable bonds is 6. The number of hydrogen-bond donors (Lipinski definition) is 2. The first-order chi connectivity index (χ1) is 15.4. The Balaban J connectivity index is 1.37. The zero-order chi connectivity index (χ0) is 22.6. The van der Waals surface area contributed by atoms with Crippen LogP contribution in [-0.2, 0) is 14.8 Å². The van der Waals surface area contributed by atoms with E-state index in [1.54, 1.807) is 66.7 Å². The van der Waals surface area contributed by atoms with Crippen LogP contribution < -0.4 is 10.6 Å². The van der Waals surface area contributed by atoms with E-state index in [0.29, 0.717) is 30.8 Å². The number of amides is 2. The minimum atomic E-state index is -3.63. The third kappa shape index (κ3) is 4.90. The van der Waals surface area contributed by atoms with Crippen molar-refractivity contribution in [2.45, 2.75) is 17.7 Å². The molecule has 0 radical (unpaired) electrons. The van der Waals surface area contributed by atoms with Gasteiger partial charge in [0.05, 0.1) is 17.1 Å². The third-order valence-corrected chi connectivity index (χ3v) is 7.17. The fourth-order valence-corrected chi connectivity index (χ4v) is 5.14. The zero-order valence-corrected chi connectivity index (χ0v) is 18.0. The number of furan rings is 1. The number of nitrogens with one attached hydrogen (secondary N) is 2. The number of hydrogen-bond acceptors (Lipinski definition) is 5. The molecule has 2 N–H and O–H groups in total. The van der Waals surface area contributed by atoms with Crippen LogP contribution in [0.1, 0.15) is 23.4 Å². The van der Waals surface area contributed by atoms with Crippen LogP contribution in [0.15, 0.2) is 82.3 Å². The number of benzene rings is 2. The lowest BCUT2D eigenvalue weighted by atomic mass is 9.98. The molecule has 166 valence electrons. The molecule has 1 atom stereocenters. The van der Waals surface area contributed by atoms with Crippen LogP contribution in [0.2, 0.25) is 0 Å². The highest BCUT2D eigenvalue weighted by Crippen LogP contribution is 2.25. The second-order valence-electron chi connectivity index (χ2n) is 7.51. The van der Waals surface area contributed by atoms with Gasteiger partial charge >= 0.3 is 0 Å². The van der Waals surface area contributed by atoms with Gasteiger partial charge in [-0.15, -0.1) is 0 Å². The van der Waals surface area contributed by atoms with Crippen molar-refractivity contribution in [1.29, 1.82) is 0 Å². The van der Waals surface area contributed by atoms with Crippen LogP contribution in [0.4, 0.5) is 11.4 Å². The van der Waals surface area contributed by atoms with Crippen molar-refractivity contribution in [3.05, 3.63) is 78.8 Å². The molecule has 32 heavy (non-hydrogen) atoms. The topological polar surface area (TPSA) is 109 Å². The number of sulfonamides is 1. The van der Waals surface area contributed by atoms with Gasteiger partial charge in [0.25, 0.3) is 5.91 Å². The van der Waals surface area contributed by atoms with Gasteiger partial charge < -0.3 is 15.1 Å². The molecule has 0 bridgehead atoms. The molecule has 4 rings (SSSR count). The van der Waals surface area contributed by atoms with Gasteiger partial charge in [-0.05, 0) is 61.4 Å². The number of carbonyl (C=O) groups is 2. The number of piperidine rings is 1. The van der Waals surface area contributed by atoms with Gasteiger partial charge in [-0.2, -0.15) is 4.31 Å². The van der Waals surface area contributed by atoms with Gasteiger partial charge in [0.2, 0.25) is 15.9 Å². The molecule has 0 saturated carbocycles. The Bertz CT molecular complexity index is 1180. The summed E-state index contributed by atoms with van der Waals surface area (Å²) in [5, 5.41) is 5.55. The summed E-state index contributed by atoms with van der Waals surface area (Å²) in [4.78, 5) is 25.0. The van der Waals surface area contributed by atoms with Crippen LogP contribution in [0, 0.1) is 5.92 Å². The van der Waals surface area contributed by atoms with Crippen LogP contribution in [-0.4, -0.2) is 37.6 Å². The van der Waals surface area contributed by atoms with Gasteiger partial charge in [-0.3, -0.25) is 9.59 Å². The first-order valence-corrected chi connectivity index (χ1v) is 11.7. The predicted octanol–water partition coefficient (Wildman–Crippen LogP) is 3.57. The Labute approximate surface area is 186 Å². The zero-order valence-electron chi connectivity index (χ0n) is 17.2. The van der Waals surface area contributed by atoms with Gasteiger partial charge in [0, 0.05) is 24.5 Å². The van der Waals surface area contributed by atoms with Gasteiger partial charge in [0.1, 0.15) is 0 Å². The highest BCUT2D eigenvalue weighted by molar-refractivity contribution is 7.89. The van der Waals surface area contributed by atoms with E-state index >= 15 is 0 Å². The lowest BCUT2D eigenvalue weighted by Crippen LogP contribution is -2.43. The molecule has 1 fully saturated rings. The lowest BCUT2D eigenvalue weighted by Gasteiger charge is -2.31. The number of carbonyl (C=O) groups excluding carboxylic acids is 2. The summed E-state index contributed by atoms with van der Waals surface area (Å²) in [6.45, 7) is 0.533. The molecule has 1 aromatic heterocycles. The molecular weight excluding hydrogens is 430 g/mol. The minimum absolute atomic E-state index is 0.139. The van der Waals surface area contributed by atoms with Crippen molar-refractivity contribution in [1.82, 2.24) is 4.31 Å². The Morgan fingerprint density at radius 1 is 0.906 bits per heavy atom. The van der Waals surface area contributed by atoms with Crippen molar-refractivity contribution in [2.75, 3.05) is 23.7 Å². The highest BCUT2D eigenvalue weighted by Gasteiger charge is 2.33. The van der Waals surface area contributed by atoms with Gasteiger partial charge in [0.15, 0.2) is 5.76 Å². The van der Waals surface area contributed by atoms with E-state index in [-0.39, 0.29) is 29.0 Å². The molecular formula is C23H23N3O5S. The average molecular weight is 454 g/mol. The first-order valence-electron chi connectivity index (χ1n) is 10.2. The molecule has 0 aliphatic carbocycles. The fourth-order valence-electron chi connectivity index (χ4n) is 3.60. The van der Waals surface area contributed by atoms with Crippen molar-refractivity contribution in [2.24, 2.45) is 5.92 Å². The van der Waals surface area contributed by atoms with Crippen LogP contribution in [0.25, 0.3) is 0 Å². The van der Waals surface area contributed by atoms with Crippen molar-refractivity contribution < 1.29 is 22.4 Å². The largest absolute Gasteiger partial charge is 0.459 e. The van der Waals surface area contributed by atoms with Gasteiger partial charge in [-0.1, -0.05) is 18.2 Å². The summed E-state index contributed by atoms with van der Waals surface area (Å²) in [6, 6.07) is 18.1. The van der Waals surface area contributed by atoms with E-state index in [2.05, 4.69) is 10.6 Å². The molecule has 2 aromatic carbocycles.